The summed E-state index contributed by atoms with van der Waals surface area (Å²) < 4.78 is 67.1. The highest BCUT2D eigenvalue weighted by molar-refractivity contribution is 7.89. The number of hydrogen-bond acceptors (Lipinski definition) is 5. The van der Waals surface area contributed by atoms with Crippen LogP contribution in [-0.2, 0) is 32.8 Å². The molecule has 3 atom stereocenters. The number of aromatic nitrogens is 1. The Morgan fingerprint density at radius 2 is 1.79 bits per heavy atom. The van der Waals surface area contributed by atoms with E-state index in [4.69, 9.17) is 0 Å². The fourth-order valence-electron chi connectivity index (χ4n) is 5.02. The minimum atomic E-state index is -4.48. The van der Waals surface area contributed by atoms with Gasteiger partial charge >= 0.3 is 12.1 Å². The maximum Gasteiger partial charge on any atom is 0.417 e. The van der Waals surface area contributed by atoms with Gasteiger partial charge in [0.05, 0.1) is 15.9 Å². The van der Waals surface area contributed by atoms with Crippen LogP contribution in [0.5, 0.6) is 0 Å². The molecular formula is C23H26F3N3O4S. The van der Waals surface area contributed by atoms with Gasteiger partial charge in [0.25, 0.3) is 0 Å². The standard InChI is InChI=1S/C23H26F3N3O4S/c1-14-12-28(20-7-5-17(11-27-20)23(24,25)26)13-15(2)29(14)34(32,33)18-6-4-16-8-9-22(3,21(30)31)19(16)10-18/h4-7,10-11,14-15H,8-9,12-13H2,1-3H3,(H,30,31). The number of anilines is 1. The van der Waals surface area contributed by atoms with Crippen LogP contribution in [0.15, 0.2) is 41.4 Å². The molecule has 0 bridgehead atoms. The van der Waals surface area contributed by atoms with E-state index in [9.17, 15) is 31.5 Å². The van der Waals surface area contributed by atoms with E-state index in [0.29, 0.717) is 24.2 Å². The van der Waals surface area contributed by atoms with Gasteiger partial charge in [-0.1, -0.05) is 6.07 Å². The highest BCUT2D eigenvalue weighted by Crippen LogP contribution is 2.41. The van der Waals surface area contributed by atoms with Crippen LogP contribution in [0.25, 0.3) is 0 Å². The molecule has 1 aromatic carbocycles. The molecule has 0 saturated carbocycles. The molecule has 34 heavy (non-hydrogen) atoms. The number of fused-ring (bicyclic) bond motifs is 1. The third kappa shape index (κ3) is 4.04. The molecule has 1 N–H and O–H groups in total. The lowest BCUT2D eigenvalue weighted by atomic mass is 9.84. The number of carboxylic acids is 1. The van der Waals surface area contributed by atoms with Gasteiger partial charge in [0.15, 0.2) is 0 Å². The van der Waals surface area contributed by atoms with Gasteiger partial charge < -0.3 is 10.0 Å². The zero-order valence-electron chi connectivity index (χ0n) is 19.0. The van der Waals surface area contributed by atoms with E-state index >= 15 is 0 Å². The lowest BCUT2D eigenvalue weighted by molar-refractivity contribution is -0.143. The van der Waals surface area contributed by atoms with Crippen molar-refractivity contribution in [2.24, 2.45) is 0 Å². The van der Waals surface area contributed by atoms with Crippen molar-refractivity contribution < 1.29 is 31.5 Å². The van der Waals surface area contributed by atoms with Gasteiger partial charge in [-0.05, 0) is 69.0 Å². The summed E-state index contributed by atoms with van der Waals surface area (Å²) in [6.07, 6.45) is -2.72. The van der Waals surface area contributed by atoms with Crippen LogP contribution < -0.4 is 4.90 Å². The number of rotatable bonds is 4. The van der Waals surface area contributed by atoms with E-state index in [1.807, 2.05) is 0 Å². The van der Waals surface area contributed by atoms with E-state index < -0.39 is 45.2 Å². The van der Waals surface area contributed by atoms with Gasteiger partial charge in [0.1, 0.15) is 5.82 Å². The van der Waals surface area contributed by atoms with Gasteiger partial charge in [-0.15, -0.1) is 0 Å². The zero-order valence-corrected chi connectivity index (χ0v) is 19.8. The average Bonchev–Trinajstić information content (AvgIpc) is 3.10. The summed E-state index contributed by atoms with van der Waals surface area (Å²) in [5.41, 5.74) is -0.619. The Hall–Kier alpha value is -2.66. The monoisotopic (exact) mass is 497 g/mol. The Bertz CT molecular complexity index is 1200. The Kier molecular flexibility index (Phi) is 5.92. The number of piperazine rings is 1. The minimum Gasteiger partial charge on any atom is -0.481 e. The molecule has 1 saturated heterocycles. The van der Waals surface area contributed by atoms with E-state index in [1.165, 1.54) is 22.5 Å². The van der Waals surface area contributed by atoms with Crippen LogP contribution in [0.2, 0.25) is 0 Å². The van der Waals surface area contributed by atoms with Crippen LogP contribution in [0.1, 0.15) is 43.9 Å². The quantitative estimate of drug-likeness (QED) is 0.693. The van der Waals surface area contributed by atoms with Crippen molar-refractivity contribution in [1.82, 2.24) is 9.29 Å². The number of benzene rings is 1. The number of carbonyl (C=O) groups is 1. The van der Waals surface area contributed by atoms with Gasteiger partial charge in [-0.25, -0.2) is 13.4 Å². The van der Waals surface area contributed by atoms with Crippen LogP contribution >= 0.6 is 0 Å². The number of halogens is 3. The molecule has 1 aliphatic carbocycles. The number of pyridine rings is 1. The fourth-order valence-corrected chi connectivity index (χ4v) is 6.85. The lowest BCUT2D eigenvalue weighted by Gasteiger charge is -2.43. The fraction of sp³-hybridized carbons (Fsp3) is 0.478. The summed E-state index contributed by atoms with van der Waals surface area (Å²) in [7, 11) is -3.95. The summed E-state index contributed by atoms with van der Waals surface area (Å²) in [6, 6.07) is 5.97. The predicted octanol–water partition coefficient (Wildman–Crippen LogP) is 3.68. The number of aliphatic carboxylic acids is 1. The second-order valence-corrected chi connectivity index (χ2v) is 11.1. The third-order valence-corrected chi connectivity index (χ3v) is 8.98. The van der Waals surface area contributed by atoms with Crippen LogP contribution in [0.3, 0.4) is 0 Å². The van der Waals surface area contributed by atoms with E-state index in [-0.39, 0.29) is 18.0 Å². The first-order valence-corrected chi connectivity index (χ1v) is 12.4. The van der Waals surface area contributed by atoms with Crippen LogP contribution in [0, 0.1) is 0 Å². The number of sulfonamides is 1. The third-order valence-electron chi connectivity index (χ3n) is 6.85. The summed E-state index contributed by atoms with van der Waals surface area (Å²) in [4.78, 5) is 17.6. The topological polar surface area (TPSA) is 90.8 Å². The first kappa shape index (κ1) is 24.5. The number of aryl methyl sites for hydroxylation is 1. The molecule has 7 nitrogen and oxygen atoms in total. The van der Waals surface area contributed by atoms with Gasteiger partial charge in [-0.3, -0.25) is 4.79 Å². The van der Waals surface area contributed by atoms with E-state index in [1.54, 1.807) is 31.7 Å². The average molecular weight is 498 g/mol. The molecule has 4 rings (SSSR count). The summed E-state index contributed by atoms with van der Waals surface area (Å²) in [5.74, 6) is -0.640. The molecule has 184 valence electrons. The van der Waals surface area contributed by atoms with Gasteiger partial charge in [0.2, 0.25) is 10.0 Å². The van der Waals surface area contributed by atoms with Crippen molar-refractivity contribution in [2.75, 3.05) is 18.0 Å². The minimum absolute atomic E-state index is 0.0421. The summed E-state index contributed by atoms with van der Waals surface area (Å²) in [6.45, 7) is 5.58. The Morgan fingerprint density at radius 3 is 2.32 bits per heavy atom. The number of nitrogens with zero attached hydrogens (tertiary/aromatic N) is 3. The smallest absolute Gasteiger partial charge is 0.417 e. The molecule has 3 unspecified atom stereocenters. The molecule has 2 heterocycles. The second kappa shape index (κ2) is 8.23. The Labute approximate surface area is 196 Å². The molecular weight excluding hydrogens is 471 g/mol. The molecule has 11 heteroatoms. The number of alkyl halides is 3. The molecule has 0 spiro atoms. The lowest BCUT2D eigenvalue weighted by Crippen LogP contribution is -2.58. The molecule has 2 aliphatic rings. The molecule has 0 radical (unpaired) electrons. The first-order chi connectivity index (χ1) is 15.7. The van der Waals surface area contributed by atoms with Crippen molar-refractivity contribution in [3.8, 4) is 0 Å². The normalized spacial score (nSPS) is 25.9. The largest absolute Gasteiger partial charge is 0.481 e. The van der Waals surface area contributed by atoms with E-state index in [2.05, 4.69) is 4.98 Å². The molecule has 2 aromatic rings. The number of carboxylic acid groups (broad SMARTS) is 1. The molecule has 0 amide bonds. The van der Waals surface area contributed by atoms with Crippen molar-refractivity contribution in [1.29, 1.82) is 0 Å². The van der Waals surface area contributed by atoms with Crippen molar-refractivity contribution >= 4 is 21.8 Å². The maximum absolute atomic E-state index is 13.6. The molecule has 1 aliphatic heterocycles. The van der Waals surface area contributed by atoms with E-state index in [0.717, 1.165) is 17.8 Å². The summed E-state index contributed by atoms with van der Waals surface area (Å²) in [5, 5.41) is 9.71. The van der Waals surface area contributed by atoms with Crippen molar-refractivity contribution in [3.63, 3.8) is 0 Å². The number of hydrogen-bond donors (Lipinski definition) is 1. The molecule has 1 aromatic heterocycles. The van der Waals surface area contributed by atoms with Crippen molar-refractivity contribution in [2.45, 2.75) is 62.2 Å². The van der Waals surface area contributed by atoms with Crippen molar-refractivity contribution in [3.05, 3.63) is 53.2 Å². The SMILES string of the molecule is CC1CN(c2ccc(C(F)(F)F)cn2)CC(C)N1S(=O)(=O)c1ccc2c(c1)C(C)(C(=O)O)CC2. The zero-order chi connectivity index (χ0) is 25.1. The van der Waals surface area contributed by atoms with Crippen LogP contribution in [0.4, 0.5) is 19.0 Å². The Morgan fingerprint density at radius 1 is 1.15 bits per heavy atom. The van der Waals surface area contributed by atoms with Gasteiger partial charge in [-0.2, -0.15) is 17.5 Å². The highest BCUT2D eigenvalue weighted by atomic mass is 32.2. The Balaban J connectivity index is 1.60. The highest BCUT2D eigenvalue weighted by Gasteiger charge is 2.44. The predicted molar refractivity (Wildman–Crippen MR) is 119 cm³/mol. The maximum atomic E-state index is 13.6. The van der Waals surface area contributed by atoms with Gasteiger partial charge in [0, 0.05) is 31.4 Å². The second-order valence-electron chi connectivity index (χ2n) is 9.30. The molecule has 1 fully saturated rings. The summed E-state index contributed by atoms with van der Waals surface area (Å²) >= 11 is 0. The van der Waals surface area contributed by atoms with Crippen LogP contribution in [-0.4, -0.2) is 54.0 Å². The first-order valence-electron chi connectivity index (χ1n) is 10.9.